The normalized spacial score (nSPS) is 12.6. The van der Waals surface area contributed by atoms with E-state index in [0.717, 1.165) is 18.6 Å². The largest absolute Gasteiger partial charge is 0.490 e. The van der Waals surface area contributed by atoms with Crippen molar-refractivity contribution >= 4 is 34.9 Å². The van der Waals surface area contributed by atoms with Crippen molar-refractivity contribution in [2.75, 3.05) is 25.1 Å². The number of anilines is 1. The highest BCUT2D eigenvalue weighted by Crippen LogP contribution is 2.32. The highest BCUT2D eigenvalue weighted by molar-refractivity contribution is 6.33. The average molecular weight is 407 g/mol. The van der Waals surface area contributed by atoms with E-state index in [1.807, 2.05) is 0 Å². The van der Waals surface area contributed by atoms with Gasteiger partial charge in [-0.15, -0.1) is 0 Å². The van der Waals surface area contributed by atoms with Crippen molar-refractivity contribution in [3.05, 3.63) is 57.1 Å². The van der Waals surface area contributed by atoms with Crippen LogP contribution in [0.2, 0.25) is 5.02 Å². The molecule has 1 aliphatic heterocycles. The molecule has 1 heterocycles. The summed E-state index contributed by atoms with van der Waals surface area (Å²) in [7, 11) is 0. The number of amides is 1. The second kappa shape index (κ2) is 8.57. The number of hydrogen-bond acceptors (Lipinski definition) is 7. The van der Waals surface area contributed by atoms with E-state index >= 15 is 0 Å². The molecule has 146 valence electrons. The summed E-state index contributed by atoms with van der Waals surface area (Å²) < 4.78 is 15.9. The van der Waals surface area contributed by atoms with Crippen LogP contribution in [-0.4, -0.2) is 36.6 Å². The van der Waals surface area contributed by atoms with Crippen molar-refractivity contribution in [1.82, 2.24) is 0 Å². The highest BCUT2D eigenvalue weighted by Gasteiger charge is 2.18. The third-order valence-electron chi connectivity index (χ3n) is 3.75. The molecule has 0 unspecified atom stereocenters. The fourth-order valence-corrected chi connectivity index (χ4v) is 2.62. The minimum atomic E-state index is -0.942. The fraction of sp³-hybridized carbons (Fsp3) is 0.222. The number of rotatable bonds is 5. The Morgan fingerprint density at radius 2 is 1.89 bits per heavy atom. The molecule has 0 bridgehead atoms. The van der Waals surface area contributed by atoms with Gasteiger partial charge < -0.3 is 19.5 Å². The van der Waals surface area contributed by atoms with Crippen LogP contribution in [0.25, 0.3) is 0 Å². The van der Waals surface area contributed by atoms with E-state index in [-0.39, 0.29) is 16.3 Å². The standard InChI is InChI=1S/C18H15ClN2O7/c19-14-4-3-12(21(24)25)9-13(14)18(23)28-10-17(22)20-11-2-5-15-16(8-11)27-7-1-6-26-15/h2-5,8-9H,1,6-7,10H2,(H,20,22). The predicted molar refractivity (Wildman–Crippen MR) is 99.1 cm³/mol. The Labute approximate surface area is 164 Å². The SMILES string of the molecule is O=C(COC(=O)c1cc([N+](=O)[O-])ccc1Cl)Nc1ccc2c(c1)OCCCO2. The van der Waals surface area contributed by atoms with Crippen LogP contribution in [0.15, 0.2) is 36.4 Å². The van der Waals surface area contributed by atoms with Crippen LogP contribution < -0.4 is 14.8 Å². The van der Waals surface area contributed by atoms with Gasteiger partial charge in [0, 0.05) is 30.3 Å². The van der Waals surface area contributed by atoms with E-state index in [0.29, 0.717) is 30.4 Å². The van der Waals surface area contributed by atoms with Crippen LogP contribution in [0.4, 0.5) is 11.4 Å². The Morgan fingerprint density at radius 3 is 2.64 bits per heavy atom. The third-order valence-corrected chi connectivity index (χ3v) is 4.08. The molecular weight excluding hydrogens is 392 g/mol. The molecule has 0 saturated carbocycles. The number of carbonyl (C=O) groups excluding carboxylic acids is 2. The lowest BCUT2D eigenvalue weighted by Crippen LogP contribution is -2.21. The zero-order valence-electron chi connectivity index (χ0n) is 14.5. The van der Waals surface area contributed by atoms with Gasteiger partial charge in [0.05, 0.1) is 28.7 Å². The molecule has 2 aromatic rings. The summed E-state index contributed by atoms with van der Waals surface area (Å²) in [5.41, 5.74) is -0.0640. The zero-order valence-corrected chi connectivity index (χ0v) is 15.2. The van der Waals surface area contributed by atoms with E-state index < -0.39 is 23.4 Å². The summed E-state index contributed by atoms with van der Waals surface area (Å²) in [6, 6.07) is 8.28. The summed E-state index contributed by atoms with van der Waals surface area (Å²) in [6.45, 7) is 0.465. The van der Waals surface area contributed by atoms with Gasteiger partial charge in [-0.3, -0.25) is 14.9 Å². The Kier molecular flexibility index (Phi) is 5.95. The van der Waals surface area contributed by atoms with Gasteiger partial charge in [-0.05, 0) is 18.2 Å². The number of ether oxygens (including phenoxy) is 3. The molecule has 0 spiro atoms. The number of benzene rings is 2. The van der Waals surface area contributed by atoms with E-state index in [1.165, 1.54) is 6.07 Å². The number of halogens is 1. The second-order valence-electron chi connectivity index (χ2n) is 5.76. The number of non-ortho nitro benzene ring substituents is 1. The van der Waals surface area contributed by atoms with Crippen LogP contribution in [-0.2, 0) is 9.53 Å². The smallest absolute Gasteiger partial charge is 0.340 e. The first kappa shape index (κ1) is 19.4. The third kappa shape index (κ3) is 4.68. The summed E-state index contributed by atoms with van der Waals surface area (Å²) in [4.78, 5) is 34.3. The average Bonchev–Trinajstić information content (AvgIpc) is 2.91. The van der Waals surface area contributed by atoms with Gasteiger partial charge in [0.1, 0.15) is 0 Å². The molecule has 0 radical (unpaired) electrons. The molecule has 0 aliphatic carbocycles. The molecular formula is C18H15ClN2O7. The number of nitro groups is 1. The molecule has 0 saturated heterocycles. The number of nitrogens with zero attached hydrogens (tertiary/aromatic N) is 1. The van der Waals surface area contributed by atoms with Gasteiger partial charge >= 0.3 is 5.97 Å². The molecule has 2 aromatic carbocycles. The molecule has 0 atom stereocenters. The summed E-state index contributed by atoms with van der Waals surface area (Å²) >= 11 is 5.87. The first-order chi connectivity index (χ1) is 13.4. The van der Waals surface area contributed by atoms with E-state index in [2.05, 4.69) is 5.32 Å². The second-order valence-corrected chi connectivity index (χ2v) is 6.16. The van der Waals surface area contributed by atoms with Crippen LogP contribution in [0.5, 0.6) is 11.5 Å². The number of nitro benzene ring substituents is 1. The van der Waals surface area contributed by atoms with Gasteiger partial charge in [0.2, 0.25) is 0 Å². The molecule has 28 heavy (non-hydrogen) atoms. The Hall–Kier alpha value is -3.33. The van der Waals surface area contributed by atoms with E-state index in [4.69, 9.17) is 25.8 Å². The van der Waals surface area contributed by atoms with Gasteiger partial charge in [-0.25, -0.2) is 4.79 Å². The molecule has 9 nitrogen and oxygen atoms in total. The van der Waals surface area contributed by atoms with Gasteiger partial charge in [-0.2, -0.15) is 0 Å². The van der Waals surface area contributed by atoms with E-state index in [9.17, 15) is 19.7 Å². The van der Waals surface area contributed by atoms with Crippen molar-refractivity contribution < 1.29 is 28.7 Å². The predicted octanol–water partition coefficient (Wildman–Crippen LogP) is 3.21. The number of hydrogen-bond donors (Lipinski definition) is 1. The van der Waals surface area contributed by atoms with Gasteiger partial charge in [-0.1, -0.05) is 11.6 Å². The van der Waals surface area contributed by atoms with Crippen molar-refractivity contribution in [2.24, 2.45) is 0 Å². The van der Waals surface area contributed by atoms with Crippen molar-refractivity contribution in [3.8, 4) is 11.5 Å². The summed E-state index contributed by atoms with van der Waals surface area (Å²) in [6.07, 6.45) is 0.756. The van der Waals surface area contributed by atoms with Crippen molar-refractivity contribution in [3.63, 3.8) is 0 Å². The first-order valence-electron chi connectivity index (χ1n) is 8.24. The zero-order chi connectivity index (χ0) is 20.1. The van der Waals surface area contributed by atoms with Gasteiger partial charge in [0.25, 0.3) is 11.6 Å². The maximum absolute atomic E-state index is 12.1. The number of carbonyl (C=O) groups is 2. The van der Waals surface area contributed by atoms with Crippen LogP contribution in [0, 0.1) is 10.1 Å². The molecule has 0 fully saturated rings. The number of nitrogens with one attached hydrogen (secondary N) is 1. The minimum absolute atomic E-state index is 0.0149. The summed E-state index contributed by atoms with van der Waals surface area (Å²) in [5.74, 6) is -0.440. The topological polar surface area (TPSA) is 117 Å². The molecule has 3 rings (SSSR count). The quantitative estimate of drug-likeness (QED) is 0.460. The molecule has 1 aliphatic rings. The Morgan fingerprint density at radius 1 is 1.14 bits per heavy atom. The maximum Gasteiger partial charge on any atom is 0.340 e. The number of fused-ring (bicyclic) bond motifs is 1. The van der Waals surface area contributed by atoms with Crippen molar-refractivity contribution in [1.29, 1.82) is 0 Å². The lowest BCUT2D eigenvalue weighted by molar-refractivity contribution is -0.384. The fourth-order valence-electron chi connectivity index (χ4n) is 2.43. The van der Waals surface area contributed by atoms with Crippen LogP contribution in [0.3, 0.4) is 0 Å². The van der Waals surface area contributed by atoms with Crippen LogP contribution >= 0.6 is 11.6 Å². The molecule has 1 amide bonds. The first-order valence-corrected chi connectivity index (χ1v) is 8.62. The van der Waals surface area contributed by atoms with Crippen molar-refractivity contribution in [2.45, 2.75) is 6.42 Å². The molecule has 10 heteroatoms. The summed E-state index contributed by atoms with van der Waals surface area (Å²) in [5, 5.41) is 13.4. The molecule has 1 N–H and O–H groups in total. The van der Waals surface area contributed by atoms with E-state index in [1.54, 1.807) is 18.2 Å². The van der Waals surface area contributed by atoms with Crippen LogP contribution in [0.1, 0.15) is 16.8 Å². The maximum atomic E-state index is 12.1. The monoisotopic (exact) mass is 406 g/mol. The van der Waals surface area contributed by atoms with Gasteiger partial charge in [0.15, 0.2) is 18.1 Å². The number of esters is 1. The molecule has 0 aromatic heterocycles. The highest BCUT2D eigenvalue weighted by atomic mass is 35.5. The minimum Gasteiger partial charge on any atom is -0.490 e. The lowest BCUT2D eigenvalue weighted by Gasteiger charge is -2.11. The Balaban J connectivity index is 1.60. The lowest BCUT2D eigenvalue weighted by atomic mass is 10.2. The Bertz CT molecular complexity index is 932.